The van der Waals surface area contributed by atoms with E-state index in [9.17, 15) is 9.59 Å². The fraction of sp³-hybridized carbons (Fsp3) is 0. The van der Waals surface area contributed by atoms with Gasteiger partial charge in [0.25, 0.3) is 11.8 Å². The molecule has 0 bridgehead atoms. The first-order valence-electron chi connectivity index (χ1n) is 9.82. The van der Waals surface area contributed by atoms with Crippen LogP contribution in [0.2, 0.25) is 0 Å². The van der Waals surface area contributed by atoms with Crippen LogP contribution in [0.1, 0.15) is 20.7 Å². The summed E-state index contributed by atoms with van der Waals surface area (Å²) in [7, 11) is 0. The van der Waals surface area contributed by atoms with Crippen molar-refractivity contribution in [1.29, 1.82) is 0 Å². The Morgan fingerprint density at radius 2 is 0.906 bits per heavy atom. The fourth-order valence-corrected chi connectivity index (χ4v) is 3.96. The van der Waals surface area contributed by atoms with Crippen LogP contribution in [0.15, 0.2) is 106 Å². The molecule has 2 amide bonds. The molecular weight excluding hydrogens is 532 g/mol. The van der Waals surface area contributed by atoms with Gasteiger partial charge >= 0.3 is 0 Å². The lowest BCUT2D eigenvalue weighted by molar-refractivity contribution is 0.101. The number of carbonyl (C=O) groups is 2. The SMILES string of the molecule is O=C(Nc1ccc(-c2ccc(NC(=O)c3cccc(Br)c3)cc2)cc1)c1cccc(Br)c1. The summed E-state index contributed by atoms with van der Waals surface area (Å²) < 4.78 is 1.72. The molecule has 0 aromatic heterocycles. The molecule has 0 atom stereocenters. The van der Waals surface area contributed by atoms with E-state index in [1.165, 1.54) is 0 Å². The summed E-state index contributed by atoms with van der Waals surface area (Å²) in [4.78, 5) is 24.8. The Kier molecular flexibility index (Phi) is 6.83. The van der Waals surface area contributed by atoms with E-state index in [1.54, 1.807) is 24.3 Å². The number of hydrogen-bond donors (Lipinski definition) is 2. The Morgan fingerprint density at radius 1 is 0.531 bits per heavy atom. The van der Waals surface area contributed by atoms with E-state index in [2.05, 4.69) is 42.5 Å². The van der Waals surface area contributed by atoms with E-state index in [0.29, 0.717) is 11.1 Å². The molecule has 158 valence electrons. The van der Waals surface area contributed by atoms with Crippen LogP contribution in [0.4, 0.5) is 11.4 Å². The smallest absolute Gasteiger partial charge is 0.255 e. The normalized spacial score (nSPS) is 10.4. The maximum atomic E-state index is 12.4. The highest BCUT2D eigenvalue weighted by Crippen LogP contribution is 2.24. The van der Waals surface area contributed by atoms with Crippen LogP contribution in [0, 0.1) is 0 Å². The van der Waals surface area contributed by atoms with Crippen molar-refractivity contribution in [2.45, 2.75) is 0 Å². The van der Waals surface area contributed by atoms with Crippen LogP contribution in [0.25, 0.3) is 11.1 Å². The Balaban J connectivity index is 1.41. The Bertz CT molecular complexity index is 1170. The standard InChI is InChI=1S/C26H18Br2N2O2/c27-21-5-1-3-19(15-21)25(31)29-23-11-7-17(8-12-23)18-9-13-24(14-10-18)30-26(32)20-4-2-6-22(28)16-20/h1-16H,(H,29,31)(H,30,32). The molecular formula is C26H18Br2N2O2. The van der Waals surface area contributed by atoms with E-state index in [4.69, 9.17) is 0 Å². The van der Waals surface area contributed by atoms with Crippen LogP contribution in [-0.4, -0.2) is 11.8 Å². The van der Waals surface area contributed by atoms with Crippen molar-refractivity contribution in [3.8, 4) is 11.1 Å². The zero-order valence-electron chi connectivity index (χ0n) is 16.8. The van der Waals surface area contributed by atoms with Crippen LogP contribution in [-0.2, 0) is 0 Å². The zero-order valence-corrected chi connectivity index (χ0v) is 20.0. The maximum Gasteiger partial charge on any atom is 0.255 e. The van der Waals surface area contributed by atoms with Gasteiger partial charge in [-0.25, -0.2) is 0 Å². The maximum absolute atomic E-state index is 12.4. The van der Waals surface area contributed by atoms with Crippen LogP contribution in [0.3, 0.4) is 0 Å². The van der Waals surface area contributed by atoms with Gasteiger partial charge in [-0.1, -0.05) is 68.3 Å². The zero-order chi connectivity index (χ0) is 22.5. The summed E-state index contributed by atoms with van der Waals surface area (Å²) in [5, 5.41) is 5.81. The molecule has 0 spiro atoms. The molecule has 0 aliphatic carbocycles. The van der Waals surface area contributed by atoms with Gasteiger partial charge in [0.05, 0.1) is 0 Å². The lowest BCUT2D eigenvalue weighted by Crippen LogP contribution is -2.11. The van der Waals surface area contributed by atoms with Crippen molar-refractivity contribution in [2.75, 3.05) is 10.6 Å². The lowest BCUT2D eigenvalue weighted by Gasteiger charge is -2.09. The molecule has 2 N–H and O–H groups in total. The van der Waals surface area contributed by atoms with Crippen molar-refractivity contribution in [3.05, 3.63) is 117 Å². The van der Waals surface area contributed by atoms with Gasteiger partial charge in [0.15, 0.2) is 0 Å². The molecule has 4 rings (SSSR count). The molecule has 0 aliphatic rings. The number of carbonyl (C=O) groups excluding carboxylic acids is 2. The lowest BCUT2D eigenvalue weighted by atomic mass is 10.0. The number of amides is 2. The number of rotatable bonds is 5. The summed E-state index contributed by atoms with van der Waals surface area (Å²) in [6, 6.07) is 29.8. The topological polar surface area (TPSA) is 58.2 Å². The first kappa shape index (κ1) is 22.0. The van der Waals surface area contributed by atoms with E-state index < -0.39 is 0 Å². The monoisotopic (exact) mass is 548 g/mol. The van der Waals surface area contributed by atoms with Gasteiger partial charge in [0.2, 0.25) is 0 Å². The largest absolute Gasteiger partial charge is 0.322 e. The highest BCUT2D eigenvalue weighted by Gasteiger charge is 2.08. The number of anilines is 2. The Morgan fingerprint density at radius 3 is 1.25 bits per heavy atom. The van der Waals surface area contributed by atoms with Gasteiger partial charge in [-0.3, -0.25) is 9.59 Å². The Labute approximate surface area is 202 Å². The summed E-state index contributed by atoms with van der Waals surface area (Å²) in [5.41, 5.74) is 4.63. The second kappa shape index (κ2) is 9.94. The molecule has 0 fully saturated rings. The van der Waals surface area contributed by atoms with Crippen molar-refractivity contribution in [2.24, 2.45) is 0 Å². The van der Waals surface area contributed by atoms with Crippen molar-refractivity contribution in [3.63, 3.8) is 0 Å². The third kappa shape index (κ3) is 5.52. The predicted octanol–water partition coefficient (Wildman–Crippen LogP) is 7.38. The van der Waals surface area contributed by atoms with Crippen molar-refractivity contribution >= 4 is 55.0 Å². The molecule has 4 aromatic carbocycles. The minimum atomic E-state index is -0.162. The second-order valence-electron chi connectivity index (χ2n) is 7.08. The molecule has 4 aromatic rings. The average Bonchev–Trinajstić information content (AvgIpc) is 2.80. The number of nitrogens with one attached hydrogen (secondary N) is 2. The third-order valence-corrected chi connectivity index (χ3v) is 5.78. The molecule has 0 saturated carbocycles. The van der Waals surface area contributed by atoms with Gasteiger partial charge < -0.3 is 10.6 Å². The van der Waals surface area contributed by atoms with Gasteiger partial charge in [-0.05, 0) is 71.8 Å². The molecule has 0 radical (unpaired) electrons. The molecule has 0 heterocycles. The van der Waals surface area contributed by atoms with Gasteiger partial charge in [-0.2, -0.15) is 0 Å². The second-order valence-corrected chi connectivity index (χ2v) is 8.91. The number of halogens is 2. The summed E-state index contributed by atoms with van der Waals surface area (Å²) in [6.45, 7) is 0. The van der Waals surface area contributed by atoms with Gasteiger partial charge in [0, 0.05) is 31.4 Å². The van der Waals surface area contributed by atoms with Gasteiger partial charge in [-0.15, -0.1) is 0 Å². The first-order valence-corrected chi connectivity index (χ1v) is 11.4. The molecule has 0 saturated heterocycles. The van der Waals surface area contributed by atoms with E-state index in [0.717, 1.165) is 31.4 Å². The molecule has 0 aliphatic heterocycles. The highest BCUT2D eigenvalue weighted by atomic mass is 79.9. The molecule has 0 unspecified atom stereocenters. The minimum absolute atomic E-state index is 0.162. The van der Waals surface area contributed by atoms with Crippen molar-refractivity contribution < 1.29 is 9.59 Å². The third-order valence-electron chi connectivity index (χ3n) is 4.79. The van der Waals surface area contributed by atoms with Gasteiger partial charge in [0.1, 0.15) is 0 Å². The minimum Gasteiger partial charge on any atom is -0.322 e. The molecule has 6 heteroatoms. The summed E-state index contributed by atoms with van der Waals surface area (Å²) >= 11 is 6.76. The van der Waals surface area contributed by atoms with Crippen LogP contribution < -0.4 is 10.6 Å². The highest BCUT2D eigenvalue weighted by molar-refractivity contribution is 9.10. The average molecular weight is 550 g/mol. The Hall–Kier alpha value is -3.22. The van der Waals surface area contributed by atoms with Crippen molar-refractivity contribution in [1.82, 2.24) is 0 Å². The van der Waals surface area contributed by atoms with E-state index >= 15 is 0 Å². The first-order chi connectivity index (χ1) is 15.5. The van der Waals surface area contributed by atoms with Crippen LogP contribution >= 0.6 is 31.9 Å². The number of hydrogen-bond acceptors (Lipinski definition) is 2. The quantitative estimate of drug-likeness (QED) is 0.273. The number of benzene rings is 4. The van der Waals surface area contributed by atoms with Crippen LogP contribution in [0.5, 0.6) is 0 Å². The fourth-order valence-electron chi connectivity index (χ4n) is 3.16. The van der Waals surface area contributed by atoms with E-state index in [-0.39, 0.29) is 11.8 Å². The summed E-state index contributed by atoms with van der Waals surface area (Å²) in [6.07, 6.45) is 0. The molecule has 4 nitrogen and oxygen atoms in total. The predicted molar refractivity (Wildman–Crippen MR) is 136 cm³/mol. The molecule has 32 heavy (non-hydrogen) atoms. The summed E-state index contributed by atoms with van der Waals surface area (Å²) in [5.74, 6) is -0.325. The van der Waals surface area contributed by atoms with E-state index in [1.807, 2.05) is 72.8 Å².